The summed E-state index contributed by atoms with van der Waals surface area (Å²) in [5, 5.41) is 21.1. The summed E-state index contributed by atoms with van der Waals surface area (Å²) >= 11 is 0. The Morgan fingerprint density at radius 2 is 1.81 bits per heavy atom. The van der Waals surface area contributed by atoms with Crippen LogP contribution in [0.5, 0.6) is 0 Å². The summed E-state index contributed by atoms with van der Waals surface area (Å²) < 4.78 is 0. The van der Waals surface area contributed by atoms with Crippen molar-refractivity contribution in [2.75, 3.05) is 6.61 Å². The van der Waals surface area contributed by atoms with Crippen molar-refractivity contribution in [2.24, 2.45) is 39.9 Å². The van der Waals surface area contributed by atoms with Crippen LogP contribution in [0.3, 0.4) is 0 Å². The molecule has 0 saturated heterocycles. The van der Waals surface area contributed by atoms with Gasteiger partial charge in [-0.25, -0.2) is 0 Å². The molecule has 4 rings (SSSR count). The number of allylic oxidation sites excluding steroid dienone is 4. The first-order chi connectivity index (χ1) is 14.6. The van der Waals surface area contributed by atoms with Gasteiger partial charge in [0.25, 0.3) is 0 Å². The molecule has 8 atom stereocenters. The van der Waals surface area contributed by atoms with Crippen molar-refractivity contribution in [1.82, 2.24) is 0 Å². The van der Waals surface area contributed by atoms with Gasteiger partial charge in [0, 0.05) is 5.41 Å². The van der Waals surface area contributed by atoms with Crippen molar-refractivity contribution in [1.29, 1.82) is 0 Å². The maximum atomic E-state index is 10.8. The van der Waals surface area contributed by atoms with E-state index in [1.165, 1.54) is 50.5 Å². The molecule has 0 bridgehead atoms. The fourth-order valence-corrected chi connectivity index (χ4v) is 9.13. The van der Waals surface area contributed by atoms with E-state index in [0.717, 1.165) is 37.0 Å². The van der Waals surface area contributed by atoms with Gasteiger partial charge in [0.15, 0.2) is 0 Å². The molecular weight excluding hydrogens is 380 g/mol. The summed E-state index contributed by atoms with van der Waals surface area (Å²) in [6, 6.07) is 0. The monoisotopic (exact) mass is 428 g/mol. The van der Waals surface area contributed by atoms with Crippen LogP contribution in [-0.4, -0.2) is 22.9 Å². The van der Waals surface area contributed by atoms with Gasteiger partial charge in [-0.1, -0.05) is 50.5 Å². The summed E-state index contributed by atoms with van der Waals surface area (Å²) in [7, 11) is 0. The van der Waals surface area contributed by atoms with Gasteiger partial charge in [0.1, 0.15) is 0 Å². The van der Waals surface area contributed by atoms with Crippen LogP contribution in [0, 0.1) is 39.9 Å². The van der Waals surface area contributed by atoms with E-state index < -0.39 is 0 Å². The molecule has 4 aliphatic rings. The van der Waals surface area contributed by atoms with Crippen molar-refractivity contribution in [3.05, 3.63) is 22.8 Å². The number of hydrogen-bond acceptors (Lipinski definition) is 2. The highest BCUT2D eigenvalue weighted by Gasteiger charge is 2.60. The second-order valence-corrected chi connectivity index (χ2v) is 12.8. The lowest BCUT2D eigenvalue weighted by Crippen LogP contribution is -2.56. The zero-order valence-corrected chi connectivity index (χ0v) is 21.1. The van der Waals surface area contributed by atoms with Crippen LogP contribution >= 0.6 is 0 Å². The molecule has 0 aromatic heterocycles. The third-order valence-electron chi connectivity index (χ3n) is 11.0. The second kappa shape index (κ2) is 8.32. The Bertz CT molecular complexity index is 746. The van der Waals surface area contributed by atoms with Crippen molar-refractivity contribution >= 4 is 0 Å². The van der Waals surface area contributed by atoms with Gasteiger partial charge < -0.3 is 10.2 Å². The van der Waals surface area contributed by atoms with Gasteiger partial charge in [-0.15, -0.1) is 0 Å². The van der Waals surface area contributed by atoms with Crippen LogP contribution in [0.2, 0.25) is 0 Å². The van der Waals surface area contributed by atoms with Gasteiger partial charge in [0.05, 0.1) is 12.7 Å². The summed E-state index contributed by atoms with van der Waals surface area (Å²) in [4.78, 5) is 0. The van der Waals surface area contributed by atoms with Crippen LogP contribution in [0.4, 0.5) is 0 Å². The lowest BCUT2D eigenvalue weighted by atomic mass is 9.45. The summed E-state index contributed by atoms with van der Waals surface area (Å²) in [5.74, 6) is 2.86. The number of aliphatic hydroxyl groups excluding tert-OH is 2. The molecule has 0 aromatic carbocycles. The first kappa shape index (κ1) is 23.6. The molecule has 2 saturated carbocycles. The predicted octanol–water partition coefficient (Wildman–Crippen LogP) is 7.06. The number of fused-ring (bicyclic) bond motifs is 4. The van der Waals surface area contributed by atoms with Crippen molar-refractivity contribution < 1.29 is 10.2 Å². The molecule has 0 amide bonds. The summed E-state index contributed by atoms with van der Waals surface area (Å²) in [6.45, 7) is 14.3. The lowest BCUT2D eigenvalue weighted by molar-refractivity contribution is -0.126. The van der Waals surface area contributed by atoms with Gasteiger partial charge in [-0.2, -0.15) is 0 Å². The molecule has 2 heteroatoms. The van der Waals surface area contributed by atoms with Crippen LogP contribution in [0.1, 0.15) is 106 Å². The molecule has 0 heterocycles. The quantitative estimate of drug-likeness (QED) is 0.460. The van der Waals surface area contributed by atoms with Crippen molar-refractivity contribution in [3.63, 3.8) is 0 Å². The van der Waals surface area contributed by atoms with E-state index in [0.29, 0.717) is 11.3 Å². The molecule has 0 aliphatic heterocycles. The molecule has 176 valence electrons. The van der Waals surface area contributed by atoms with E-state index in [1.54, 1.807) is 5.57 Å². The predicted molar refractivity (Wildman–Crippen MR) is 130 cm³/mol. The highest BCUT2D eigenvalue weighted by Crippen LogP contribution is 2.68. The molecular formula is C29H48O2. The first-order valence-electron chi connectivity index (χ1n) is 13.2. The highest BCUT2D eigenvalue weighted by atomic mass is 16.3. The Kier molecular flexibility index (Phi) is 6.32. The smallest absolute Gasteiger partial charge is 0.0619 e. The Labute approximate surface area is 191 Å². The zero-order chi connectivity index (χ0) is 22.6. The maximum absolute atomic E-state index is 10.8. The zero-order valence-electron chi connectivity index (χ0n) is 21.1. The third kappa shape index (κ3) is 3.59. The Hall–Kier alpha value is -0.600. The Morgan fingerprint density at radius 1 is 1.06 bits per heavy atom. The molecule has 0 spiro atoms. The normalized spacial score (nSPS) is 45.5. The molecule has 4 unspecified atom stereocenters. The largest absolute Gasteiger partial charge is 0.396 e. The minimum atomic E-state index is -0.357. The van der Waals surface area contributed by atoms with E-state index in [4.69, 9.17) is 0 Å². The maximum Gasteiger partial charge on any atom is 0.0619 e. The van der Waals surface area contributed by atoms with Gasteiger partial charge in [-0.05, 0) is 113 Å². The van der Waals surface area contributed by atoms with Crippen LogP contribution < -0.4 is 0 Å². The standard InChI is InChI=1S/C29H48O2/c1-19(2)8-7-9-20(3)22-11-12-23-21-10-13-25-28(5,24(21)14-16-27(22,23)4)17-15-26(31)29(25,6)18-30/h8,20,22-23,25-26,30-31H,7,9-18H2,1-6H3/t20?,22?,23?,25?,26-,27+,28+,29-/m0/s1. The van der Waals surface area contributed by atoms with Crippen LogP contribution in [-0.2, 0) is 0 Å². The fourth-order valence-electron chi connectivity index (χ4n) is 9.13. The van der Waals surface area contributed by atoms with E-state index in [-0.39, 0.29) is 23.5 Å². The number of hydrogen-bond donors (Lipinski definition) is 2. The molecule has 2 nitrogen and oxygen atoms in total. The van der Waals surface area contributed by atoms with Gasteiger partial charge >= 0.3 is 0 Å². The molecule has 4 aliphatic carbocycles. The van der Waals surface area contributed by atoms with E-state index in [1.807, 2.05) is 5.57 Å². The molecule has 0 radical (unpaired) electrons. The molecule has 2 N–H and O–H groups in total. The topological polar surface area (TPSA) is 40.5 Å². The SMILES string of the molecule is CC(C)=CCCC(C)C1CCC2C3=C(CC[C@@]21C)[C@@]1(C)CC[C@H](O)[C@@](C)(CO)C1CC3. The molecule has 2 fully saturated rings. The lowest BCUT2D eigenvalue weighted by Gasteiger charge is -2.60. The number of rotatable bonds is 5. The Balaban J connectivity index is 1.60. The van der Waals surface area contributed by atoms with E-state index in [2.05, 4.69) is 47.6 Å². The molecule has 0 aromatic rings. The fraction of sp³-hybridized carbons (Fsp3) is 0.862. The highest BCUT2D eigenvalue weighted by molar-refractivity contribution is 5.35. The third-order valence-corrected chi connectivity index (χ3v) is 11.0. The van der Waals surface area contributed by atoms with E-state index in [9.17, 15) is 10.2 Å². The van der Waals surface area contributed by atoms with Crippen molar-refractivity contribution in [3.8, 4) is 0 Å². The van der Waals surface area contributed by atoms with E-state index >= 15 is 0 Å². The minimum absolute atomic E-state index is 0.115. The average Bonchev–Trinajstić information content (AvgIpc) is 3.08. The molecule has 31 heavy (non-hydrogen) atoms. The van der Waals surface area contributed by atoms with Crippen molar-refractivity contribution in [2.45, 2.75) is 112 Å². The minimum Gasteiger partial charge on any atom is -0.396 e. The van der Waals surface area contributed by atoms with Gasteiger partial charge in [0.2, 0.25) is 0 Å². The second-order valence-electron chi connectivity index (χ2n) is 12.8. The number of aliphatic hydroxyl groups is 2. The summed E-state index contributed by atoms with van der Waals surface area (Å²) in [6.07, 6.45) is 14.3. The Morgan fingerprint density at radius 3 is 2.48 bits per heavy atom. The van der Waals surface area contributed by atoms with Crippen LogP contribution in [0.15, 0.2) is 22.8 Å². The summed E-state index contributed by atoms with van der Waals surface area (Å²) in [5.41, 5.74) is 5.34. The van der Waals surface area contributed by atoms with Gasteiger partial charge in [-0.3, -0.25) is 0 Å². The first-order valence-corrected chi connectivity index (χ1v) is 13.2. The van der Waals surface area contributed by atoms with Crippen LogP contribution in [0.25, 0.3) is 0 Å². The average molecular weight is 429 g/mol.